The number of nitrogens with one attached hydrogen (secondary N) is 1. The van der Waals surface area contributed by atoms with Gasteiger partial charge in [-0.2, -0.15) is 0 Å². The lowest BCUT2D eigenvalue weighted by molar-refractivity contribution is 0.105. The van der Waals surface area contributed by atoms with E-state index in [1.807, 2.05) is 22.6 Å². The van der Waals surface area contributed by atoms with Gasteiger partial charge >= 0.3 is 0 Å². The van der Waals surface area contributed by atoms with Crippen LogP contribution in [-0.2, 0) is 0 Å². The summed E-state index contributed by atoms with van der Waals surface area (Å²) in [5.74, 6) is -0.297. The van der Waals surface area contributed by atoms with Gasteiger partial charge in [-0.25, -0.2) is 4.39 Å². The summed E-state index contributed by atoms with van der Waals surface area (Å²) in [6.45, 7) is -0.101. The Hall–Kier alpha value is -0.400. The molecule has 0 saturated carbocycles. The number of hydrogen-bond donors (Lipinski definition) is 3. The molecule has 0 aliphatic rings. The van der Waals surface area contributed by atoms with Crippen molar-refractivity contribution in [3.63, 3.8) is 0 Å². The van der Waals surface area contributed by atoms with E-state index >= 15 is 0 Å². The summed E-state index contributed by atoms with van der Waals surface area (Å²) in [7, 11) is 0. The molecule has 1 rings (SSSR count). The molecule has 0 bridgehead atoms. The Morgan fingerprint density at radius 3 is 2.79 bits per heavy atom. The van der Waals surface area contributed by atoms with Gasteiger partial charge in [0.05, 0.1) is 12.7 Å². The lowest BCUT2D eigenvalue weighted by atomic mass is 10.3. The molecule has 3 N–H and O–H groups in total. The van der Waals surface area contributed by atoms with Gasteiger partial charge in [0, 0.05) is 15.8 Å². The average molecular weight is 311 g/mol. The molecule has 3 nitrogen and oxygen atoms in total. The van der Waals surface area contributed by atoms with Gasteiger partial charge < -0.3 is 15.5 Å². The van der Waals surface area contributed by atoms with Crippen molar-refractivity contribution < 1.29 is 14.6 Å². The maximum absolute atomic E-state index is 13.0. The van der Waals surface area contributed by atoms with E-state index in [9.17, 15) is 4.39 Å². The number of halogens is 2. The van der Waals surface area contributed by atoms with Crippen LogP contribution in [0.5, 0.6) is 0 Å². The quantitative estimate of drug-likeness (QED) is 0.732. The van der Waals surface area contributed by atoms with E-state index in [-0.39, 0.29) is 19.0 Å². The van der Waals surface area contributed by atoms with Crippen LogP contribution in [0.4, 0.5) is 10.1 Å². The molecular formula is C9H11FINO2. The SMILES string of the molecule is OCC(O)CNc1ccc(I)c(F)c1. The summed E-state index contributed by atoms with van der Waals surface area (Å²) < 4.78 is 13.6. The summed E-state index contributed by atoms with van der Waals surface area (Å²) in [6.07, 6.45) is -0.822. The van der Waals surface area contributed by atoms with Crippen LogP contribution in [0.3, 0.4) is 0 Å². The first-order valence-corrected chi connectivity index (χ1v) is 5.19. The highest BCUT2D eigenvalue weighted by atomic mass is 127. The standard InChI is InChI=1S/C9H11FINO2/c10-8-3-6(1-2-9(8)11)12-4-7(14)5-13/h1-3,7,12-14H,4-5H2. The Morgan fingerprint density at radius 2 is 2.21 bits per heavy atom. The smallest absolute Gasteiger partial charge is 0.138 e. The first-order chi connectivity index (χ1) is 6.63. The van der Waals surface area contributed by atoms with Crippen LogP contribution in [0.15, 0.2) is 18.2 Å². The zero-order chi connectivity index (χ0) is 10.6. The molecule has 0 saturated heterocycles. The molecule has 0 aliphatic carbocycles. The van der Waals surface area contributed by atoms with Crippen molar-refractivity contribution in [2.75, 3.05) is 18.5 Å². The Bertz CT molecular complexity index is 309. The molecular weight excluding hydrogens is 300 g/mol. The fourth-order valence-electron chi connectivity index (χ4n) is 0.906. The van der Waals surface area contributed by atoms with E-state index in [0.29, 0.717) is 9.26 Å². The Morgan fingerprint density at radius 1 is 1.50 bits per heavy atom. The summed E-state index contributed by atoms with van der Waals surface area (Å²) in [4.78, 5) is 0. The summed E-state index contributed by atoms with van der Waals surface area (Å²) in [6, 6.07) is 4.71. The van der Waals surface area contributed by atoms with Gasteiger partial charge in [0.15, 0.2) is 0 Å². The summed E-state index contributed by atoms with van der Waals surface area (Å²) >= 11 is 1.90. The number of benzene rings is 1. The van der Waals surface area contributed by atoms with E-state index in [1.54, 1.807) is 12.1 Å². The van der Waals surface area contributed by atoms with Crippen LogP contribution in [0.2, 0.25) is 0 Å². The van der Waals surface area contributed by atoms with E-state index in [0.717, 1.165) is 0 Å². The van der Waals surface area contributed by atoms with Gasteiger partial charge in [0.25, 0.3) is 0 Å². The van der Waals surface area contributed by atoms with Crippen molar-refractivity contribution in [2.24, 2.45) is 0 Å². The van der Waals surface area contributed by atoms with E-state index in [1.165, 1.54) is 6.07 Å². The molecule has 14 heavy (non-hydrogen) atoms. The van der Waals surface area contributed by atoms with E-state index in [2.05, 4.69) is 5.32 Å². The molecule has 0 fully saturated rings. The normalized spacial score (nSPS) is 12.6. The first kappa shape index (κ1) is 11.7. The highest BCUT2D eigenvalue weighted by Gasteiger charge is 2.03. The molecule has 0 amide bonds. The molecule has 1 unspecified atom stereocenters. The average Bonchev–Trinajstić information content (AvgIpc) is 2.19. The minimum atomic E-state index is -0.822. The minimum Gasteiger partial charge on any atom is -0.394 e. The Labute approximate surface area is 95.1 Å². The van der Waals surface area contributed by atoms with Crippen molar-refractivity contribution in [1.82, 2.24) is 0 Å². The van der Waals surface area contributed by atoms with Crippen LogP contribution in [0, 0.1) is 9.39 Å². The van der Waals surface area contributed by atoms with Gasteiger partial charge in [0.2, 0.25) is 0 Å². The number of hydrogen-bond acceptors (Lipinski definition) is 3. The molecule has 78 valence electrons. The number of aliphatic hydroxyl groups excluding tert-OH is 2. The zero-order valence-corrected chi connectivity index (χ0v) is 9.53. The van der Waals surface area contributed by atoms with E-state index < -0.39 is 6.10 Å². The summed E-state index contributed by atoms with van der Waals surface area (Å²) in [5, 5.41) is 20.4. The van der Waals surface area contributed by atoms with Gasteiger partial charge in [-0.05, 0) is 40.8 Å². The first-order valence-electron chi connectivity index (χ1n) is 4.11. The number of aliphatic hydroxyl groups is 2. The van der Waals surface area contributed by atoms with Gasteiger partial charge in [-0.15, -0.1) is 0 Å². The predicted molar refractivity (Wildman–Crippen MR) is 60.7 cm³/mol. The second-order valence-electron chi connectivity index (χ2n) is 2.85. The monoisotopic (exact) mass is 311 g/mol. The number of anilines is 1. The molecule has 1 aromatic rings. The molecule has 0 aliphatic heterocycles. The molecule has 0 spiro atoms. The number of rotatable bonds is 4. The van der Waals surface area contributed by atoms with Gasteiger partial charge in [-0.3, -0.25) is 0 Å². The summed E-state index contributed by atoms with van der Waals surface area (Å²) in [5.41, 5.74) is 0.593. The maximum atomic E-state index is 13.0. The van der Waals surface area contributed by atoms with Crippen LogP contribution in [-0.4, -0.2) is 29.5 Å². The second kappa shape index (κ2) is 5.47. The predicted octanol–water partition coefficient (Wildman–Crippen LogP) is 1.20. The topological polar surface area (TPSA) is 52.5 Å². The molecule has 1 aromatic carbocycles. The van der Waals surface area contributed by atoms with Crippen molar-refractivity contribution >= 4 is 28.3 Å². The van der Waals surface area contributed by atoms with Crippen molar-refractivity contribution in [2.45, 2.75) is 6.10 Å². The van der Waals surface area contributed by atoms with Gasteiger partial charge in [-0.1, -0.05) is 0 Å². The van der Waals surface area contributed by atoms with Crippen LogP contribution in [0.1, 0.15) is 0 Å². The molecule has 0 radical (unpaired) electrons. The molecule has 5 heteroatoms. The van der Waals surface area contributed by atoms with E-state index in [4.69, 9.17) is 10.2 Å². The fourth-order valence-corrected chi connectivity index (χ4v) is 1.24. The third kappa shape index (κ3) is 3.39. The molecule has 0 aromatic heterocycles. The Kier molecular flexibility index (Phi) is 4.56. The maximum Gasteiger partial charge on any atom is 0.138 e. The lowest BCUT2D eigenvalue weighted by Gasteiger charge is -2.10. The highest BCUT2D eigenvalue weighted by molar-refractivity contribution is 14.1. The third-order valence-electron chi connectivity index (χ3n) is 1.67. The second-order valence-corrected chi connectivity index (χ2v) is 4.01. The Balaban J connectivity index is 2.55. The zero-order valence-electron chi connectivity index (χ0n) is 7.37. The van der Waals surface area contributed by atoms with Crippen molar-refractivity contribution in [3.05, 3.63) is 27.6 Å². The largest absolute Gasteiger partial charge is 0.394 e. The minimum absolute atomic E-state index is 0.205. The lowest BCUT2D eigenvalue weighted by Crippen LogP contribution is -2.22. The van der Waals surface area contributed by atoms with Crippen molar-refractivity contribution in [3.8, 4) is 0 Å². The van der Waals surface area contributed by atoms with Crippen LogP contribution in [0.25, 0.3) is 0 Å². The van der Waals surface area contributed by atoms with Gasteiger partial charge in [0.1, 0.15) is 5.82 Å². The van der Waals surface area contributed by atoms with Crippen molar-refractivity contribution in [1.29, 1.82) is 0 Å². The fraction of sp³-hybridized carbons (Fsp3) is 0.333. The molecule has 0 heterocycles. The highest BCUT2D eigenvalue weighted by Crippen LogP contribution is 2.15. The molecule has 1 atom stereocenters. The third-order valence-corrected chi connectivity index (χ3v) is 2.55. The van der Waals surface area contributed by atoms with Crippen LogP contribution >= 0.6 is 22.6 Å². The van der Waals surface area contributed by atoms with Crippen LogP contribution < -0.4 is 5.32 Å².